The van der Waals surface area contributed by atoms with Gasteiger partial charge in [-0.2, -0.15) is 9.61 Å². The van der Waals surface area contributed by atoms with Crippen LogP contribution in [0.4, 0.5) is 11.4 Å². The van der Waals surface area contributed by atoms with Crippen LogP contribution in [0.1, 0.15) is 31.9 Å². The van der Waals surface area contributed by atoms with Crippen LogP contribution in [0.2, 0.25) is 25.7 Å². The van der Waals surface area contributed by atoms with Gasteiger partial charge in [-0.05, 0) is 49.9 Å². The molecule has 4 aromatic rings. The molecule has 5 rings (SSSR count). The second kappa shape index (κ2) is 12.0. The van der Waals surface area contributed by atoms with Crippen LogP contribution in [0, 0.1) is 6.92 Å². The molecule has 41 heavy (non-hydrogen) atoms. The molecular weight excluding hydrogens is 530 g/mol. The van der Waals surface area contributed by atoms with E-state index in [1.165, 1.54) is 13.3 Å². The Labute approximate surface area is 243 Å². The summed E-state index contributed by atoms with van der Waals surface area (Å²) in [5.41, 5.74) is 6.29. The number of ether oxygens (including phenoxy) is 1. The number of nitrogens with zero attached hydrogens (tertiary/aromatic N) is 4. The summed E-state index contributed by atoms with van der Waals surface area (Å²) in [5.74, 6) is -0.136. The summed E-state index contributed by atoms with van der Waals surface area (Å²) in [6.45, 7) is 13.4. The molecule has 0 aliphatic carbocycles. The van der Waals surface area contributed by atoms with Crippen LogP contribution in [0.5, 0.6) is 0 Å². The van der Waals surface area contributed by atoms with Crippen LogP contribution in [0.3, 0.4) is 0 Å². The molecule has 0 bridgehead atoms. The molecule has 0 spiro atoms. The van der Waals surface area contributed by atoms with Crippen molar-refractivity contribution in [1.82, 2.24) is 14.2 Å². The summed E-state index contributed by atoms with van der Waals surface area (Å²) in [4.78, 5) is 28.2. The SMILES string of the molecule is CC(=O)Nc1ccc(-c2c(C)n(COCC[Si](C)(C)C)c3c(N4CCCCC4)c(-c4ccccc4)nn3c2=O)cc1. The lowest BCUT2D eigenvalue weighted by molar-refractivity contribution is -0.114. The van der Waals surface area contributed by atoms with Crippen LogP contribution in [-0.4, -0.2) is 47.9 Å². The fraction of sp³-hybridized carbons (Fsp3) is 0.406. The largest absolute Gasteiger partial charge is 0.367 e. The van der Waals surface area contributed by atoms with E-state index in [0.29, 0.717) is 24.6 Å². The summed E-state index contributed by atoms with van der Waals surface area (Å²) < 4.78 is 10.0. The van der Waals surface area contributed by atoms with E-state index in [2.05, 4.69) is 46.6 Å². The van der Waals surface area contributed by atoms with Gasteiger partial charge in [-0.15, -0.1) is 0 Å². The van der Waals surface area contributed by atoms with Crippen LogP contribution < -0.4 is 15.8 Å². The Hall–Kier alpha value is -3.69. The predicted molar refractivity (Wildman–Crippen MR) is 170 cm³/mol. The second-order valence-corrected chi connectivity index (χ2v) is 17.8. The molecule has 2 aromatic heterocycles. The molecule has 9 heteroatoms. The normalized spacial score (nSPS) is 14.0. The maximum Gasteiger partial charge on any atom is 0.282 e. The van der Waals surface area contributed by atoms with E-state index >= 15 is 0 Å². The summed E-state index contributed by atoms with van der Waals surface area (Å²) in [7, 11) is -1.27. The van der Waals surface area contributed by atoms with Crippen molar-refractivity contribution < 1.29 is 9.53 Å². The topological polar surface area (TPSA) is 80.9 Å². The number of carbonyl (C=O) groups excluding carboxylic acids is 1. The molecule has 1 fully saturated rings. The van der Waals surface area contributed by atoms with Crippen LogP contribution in [0.25, 0.3) is 28.0 Å². The molecule has 216 valence electrons. The van der Waals surface area contributed by atoms with Gasteiger partial charge in [-0.25, -0.2) is 0 Å². The van der Waals surface area contributed by atoms with Gasteiger partial charge in [0.1, 0.15) is 18.1 Å². The number of carbonyl (C=O) groups is 1. The average molecular weight is 572 g/mol. The van der Waals surface area contributed by atoms with E-state index in [-0.39, 0.29) is 11.5 Å². The number of piperidine rings is 1. The number of nitrogens with one attached hydrogen (secondary N) is 1. The number of benzene rings is 2. The number of anilines is 2. The van der Waals surface area contributed by atoms with Crippen molar-refractivity contribution in [2.24, 2.45) is 0 Å². The van der Waals surface area contributed by atoms with Crippen molar-refractivity contribution in [2.45, 2.75) is 65.5 Å². The van der Waals surface area contributed by atoms with Crippen LogP contribution in [0.15, 0.2) is 59.4 Å². The van der Waals surface area contributed by atoms with Crippen LogP contribution in [-0.2, 0) is 16.3 Å². The number of hydrogen-bond acceptors (Lipinski definition) is 5. The summed E-state index contributed by atoms with van der Waals surface area (Å²) in [6, 6.07) is 18.6. The molecule has 1 amide bonds. The lowest BCUT2D eigenvalue weighted by Crippen LogP contribution is -2.31. The van der Waals surface area contributed by atoms with Gasteiger partial charge in [-0.3, -0.25) is 9.59 Å². The fourth-order valence-corrected chi connectivity index (χ4v) is 6.24. The Bertz CT molecular complexity index is 1580. The first kappa shape index (κ1) is 28.8. The van der Waals surface area contributed by atoms with Gasteiger partial charge in [0.25, 0.3) is 5.56 Å². The average Bonchev–Trinajstić information content (AvgIpc) is 3.34. The van der Waals surface area contributed by atoms with Crippen molar-refractivity contribution in [2.75, 3.05) is 29.9 Å². The van der Waals surface area contributed by atoms with Crippen molar-refractivity contribution in [1.29, 1.82) is 0 Å². The molecular formula is C32H41N5O3Si. The first-order valence-corrected chi connectivity index (χ1v) is 18.3. The minimum absolute atomic E-state index is 0.136. The van der Waals surface area contributed by atoms with Gasteiger partial charge in [0.15, 0.2) is 5.65 Å². The summed E-state index contributed by atoms with van der Waals surface area (Å²) in [6.07, 6.45) is 3.43. The highest BCUT2D eigenvalue weighted by Gasteiger charge is 2.28. The molecule has 2 aromatic carbocycles. The maximum atomic E-state index is 14.3. The Morgan fingerprint density at radius 2 is 1.66 bits per heavy atom. The molecule has 1 aliphatic rings. The minimum atomic E-state index is -1.27. The van der Waals surface area contributed by atoms with Gasteiger partial charge >= 0.3 is 0 Å². The number of rotatable bonds is 9. The summed E-state index contributed by atoms with van der Waals surface area (Å²) in [5, 5.41) is 7.81. The van der Waals surface area contributed by atoms with Gasteiger partial charge in [0.2, 0.25) is 5.91 Å². The number of amides is 1. The van der Waals surface area contributed by atoms with Crippen LogP contribution >= 0.6 is 0 Å². The molecule has 1 aliphatic heterocycles. The maximum absolute atomic E-state index is 14.3. The van der Waals surface area contributed by atoms with Gasteiger partial charge in [0, 0.05) is 51.6 Å². The van der Waals surface area contributed by atoms with Crippen molar-refractivity contribution >= 4 is 31.0 Å². The first-order valence-electron chi connectivity index (χ1n) is 14.6. The highest BCUT2D eigenvalue weighted by molar-refractivity contribution is 6.76. The monoisotopic (exact) mass is 571 g/mol. The highest BCUT2D eigenvalue weighted by Crippen LogP contribution is 2.37. The number of aromatic nitrogens is 3. The molecule has 0 atom stereocenters. The van der Waals surface area contributed by atoms with Crippen molar-refractivity contribution in [3.05, 3.63) is 70.6 Å². The van der Waals surface area contributed by atoms with Gasteiger partial charge < -0.3 is 19.5 Å². The summed E-state index contributed by atoms with van der Waals surface area (Å²) >= 11 is 0. The molecule has 0 unspecified atom stereocenters. The number of fused-ring (bicyclic) bond motifs is 1. The number of hydrogen-bond donors (Lipinski definition) is 1. The van der Waals surface area contributed by atoms with Gasteiger partial charge in [0.05, 0.1) is 5.56 Å². The fourth-order valence-electron chi connectivity index (χ4n) is 5.49. The highest BCUT2D eigenvalue weighted by atomic mass is 28.3. The molecule has 1 saturated heterocycles. The van der Waals surface area contributed by atoms with E-state index in [1.54, 1.807) is 4.52 Å². The first-order chi connectivity index (χ1) is 19.6. The minimum Gasteiger partial charge on any atom is -0.367 e. The Morgan fingerprint density at radius 1 is 0.976 bits per heavy atom. The third kappa shape index (κ3) is 6.31. The quantitative estimate of drug-likeness (QED) is 0.186. The van der Waals surface area contributed by atoms with Gasteiger partial charge in [-0.1, -0.05) is 62.1 Å². The third-order valence-electron chi connectivity index (χ3n) is 7.70. The molecule has 0 saturated carbocycles. The zero-order valence-corrected chi connectivity index (χ0v) is 25.9. The zero-order valence-electron chi connectivity index (χ0n) is 24.9. The zero-order chi connectivity index (χ0) is 29.1. The Kier molecular flexibility index (Phi) is 8.47. The van der Waals surface area contributed by atoms with E-state index in [0.717, 1.165) is 65.8 Å². The molecule has 1 N–H and O–H groups in total. The molecule has 3 heterocycles. The molecule has 0 radical (unpaired) electrons. The Morgan fingerprint density at radius 3 is 2.29 bits per heavy atom. The van der Waals surface area contributed by atoms with Crippen molar-refractivity contribution in [3.63, 3.8) is 0 Å². The molecule has 8 nitrogen and oxygen atoms in total. The third-order valence-corrected chi connectivity index (χ3v) is 9.40. The predicted octanol–water partition coefficient (Wildman–Crippen LogP) is 6.40. The van der Waals surface area contributed by atoms with E-state index in [9.17, 15) is 9.59 Å². The lowest BCUT2D eigenvalue weighted by atomic mass is 10.0. The lowest BCUT2D eigenvalue weighted by Gasteiger charge is -2.30. The second-order valence-electron chi connectivity index (χ2n) is 12.1. The standard InChI is InChI=1S/C32H41N5O3Si/c1-23-28(25-14-16-27(17-15-25)33-24(2)38)32(39)37-31(36(23)22-40-20-21-41(3,4)5)30(35-18-10-7-11-19-35)29(34-37)26-12-8-6-9-13-26/h6,8-9,12-17H,7,10-11,18-22H2,1-5H3,(H,33,38). The van der Waals surface area contributed by atoms with Crippen molar-refractivity contribution in [3.8, 4) is 22.4 Å². The smallest absolute Gasteiger partial charge is 0.282 e. The van der Waals surface area contributed by atoms with E-state index < -0.39 is 8.07 Å². The Balaban J connectivity index is 1.72. The van der Waals surface area contributed by atoms with E-state index in [4.69, 9.17) is 9.84 Å². The van der Waals surface area contributed by atoms with E-state index in [1.807, 2.05) is 49.4 Å².